The average molecular weight is 762 g/mol. The van der Waals surface area contributed by atoms with E-state index in [0.29, 0.717) is 43.3 Å². The lowest BCUT2D eigenvalue weighted by Gasteiger charge is -2.60. The van der Waals surface area contributed by atoms with Crippen LogP contribution in [0.5, 0.6) is 0 Å². The molecule has 0 amide bonds. The maximum Gasteiger partial charge on any atom is 0.335 e. The van der Waals surface area contributed by atoms with Gasteiger partial charge in [0, 0.05) is 30.4 Å². The lowest BCUT2D eigenvalue weighted by Crippen LogP contribution is -2.69. The van der Waals surface area contributed by atoms with Gasteiger partial charge in [-0.15, -0.1) is 0 Å². The van der Waals surface area contributed by atoms with E-state index in [1.807, 2.05) is 13.8 Å². The number of allylic oxidation sites excluding steroid dienone is 1. The minimum Gasteiger partial charge on any atom is -0.456 e. The van der Waals surface area contributed by atoms with E-state index in [-0.39, 0.29) is 55.0 Å². The van der Waals surface area contributed by atoms with Crippen molar-refractivity contribution in [3.63, 3.8) is 0 Å². The Morgan fingerprint density at radius 2 is 1.89 bits per heavy atom. The molecule has 2 saturated carbocycles. The summed E-state index contributed by atoms with van der Waals surface area (Å²) in [4.78, 5) is 27.9. The van der Waals surface area contributed by atoms with Crippen molar-refractivity contribution >= 4 is 11.8 Å². The second-order valence-electron chi connectivity index (χ2n) is 17.9. The third kappa shape index (κ3) is 9.60. The molecule has 2 aliphatic carbocycles. The number of nitrogens with one attached hydrogen (secondary N) is 3. The van der Waals surface area contributed by atoms with Gasteiger partial charge in [-0.25, -0.2) is 4.79 Å². The zero-order chi connectivity index (χ0) is 38.6. The molecule has 0 aromatic carbocycles. The van der Waals surface area contributed by atoms with Crippen LogP contribution in [0, 0.1) is 41.4 Å². The number of nitrogens with two attached hydrogens (primary N) is 2. The Balaban J connectivity index is 1.39. The Kier molecular flexibility index (Phi) is 14.7. The molecule has 6 aliphatic rings. The molecule has 0 radical (unpaired) electrons. The number of hydrogen-bond acceptors (Lipinski definition) is 13. The maximum atomic E-state index is 14.1. The standard InChI is InChI=1S/C41H71N5O8/c1-4-25(21-44-5-2)40(51)53-32-19-30-37(50)36-31(49)18-28(22-47)52-39(36)35(38(30)54-41(32,3)13-11-23-9-10-33(42)46-20-23)29(26-12-14-45-34(43)17-26)16-24-7-6-8-27(48)15-24/h4,23-24,26-30,32-39,44-48,50H,5-22,42-43H2,1-3H3/t23?,24?,26?,27?,28?,29?,30?,32-,33?,34?,35?,36?,37?,38?,39?,41-/m0/s1. The van der Waals surface area contributed by atoms with Crippen LogP contribution in [0.2, 0.25) is 0 Å². The summed E-state index contributed by atoms with van der Waals surface area (Å²) in [5, 5.41) is 43.5. The van der Waals surface area contributed by atoms with Crippen LogP contribution >= 0.6 is 0 Å². The van der Waals surface area contributed by atoms with E-state index >= 15 is 0 Å². The van der Waals surface area contributed by atoms with Crippen LogP contribution in [0.15, 0.2) is 11.6 Å². The fourth-order valence-electron chi connectivity index (χ4n) is 11.2. The minimum absolute atomic E-state index is 0.00286. The van der Waals surface area contributed by atoms with Crippen molar-refractivity contribution in [1.29, 1.82) is 0 Å². The molecule has 4 heterocycles. The van der Waals surface area contributed by atoms with Gasteiger partial charge >= 0.3 is 5.97 Å². The SMILES string of the molecule is CC=C(CNCC)C(=O)O[C@H]1CC2C(O)C3C(=O)CC(CO)OC3C(C(CC3CCCC(O)C3)C3CCNC(N)C3)C2O[C@@]1(C)CCC1CCC(N)NC1. The molecule has 13 nitrogen and oxygen atoms in total. The summed E-state index contributed by atoms with van der Waals surface area (Å²) in [6.45, 7) is 8.31. The molecule has 308 valence electrons. The Morgan fingerprint density at radius 1 is 1.07 bits per heavy atom. The third-order valence-corrected chi connectivity index (χ3v) is 14.2. The molecule has 0 aromatic heterocycles. The van der Waals surface area contributed by atoms with Crippen LogP contribution < -0.4 is 27.4 Å². The lowest BCUT2D eigenvalue weighted by atomic mass is 9.56. The van der Waals surface area contributed by atoms with Crippen LogP contribution in [0.3, 0.4) is 0 Å². The molecule has 4 aliphatic heterocycles. The summed E-state index contributed by atoms with van der Waals surface area (Å²) in [5.41, 5.74) is 12.4. The number of carbonyl (C=O) groups excluding carboxylic acids is 2. The first-order valence-electron chi connectivity index (χ1n) is 21.3. The van der Waals surface area contributed by atoms with Gasteiger partial charge in [0.05, 0.1) is 55.4 Å². The van der Waals surface area contributed by atoms with Crippen LogP contribution in [0.1, 0.15) is 104 Å². The highest BCUT2D eigenvalue weighted by molar-refractivity contribution is 5.89. The van der Waals surface area contributed by atoms with Gasteiger partial charge in [-0.2, -0.15) is 0 Å². The highest BCUT2D eigenvalue weighted by Crippen LogP contribution is 2.55. The van der Waals surface area contributed by atoms with Gasteiger partial charge in [-0.05, 0) is 121 Å². The van der Waals surface area contributed by atoms with Crippen molar-refractivity contribution in [1.82, 2.24) is 16.0 Å². The minimum atomic E-state index is -1.06. The monoisotopic (exact) mass is 762 g/mol. The quantitative estimate of drug-likeness (QED) is 0.0997. The highest BCUT2D eigenvalue weighted by atomic mass is 16.6. The van der Waals surface area contributed by atoms with E-state index in [1.54, 1.807) is 6.08 Å². The van der Waals surface area contributed by atoms with Crippen LogP contribution in [0.25, 0.3) is 0 Å². The molecule has 6 fully saturated rings. The lowest BCUT2D eigenvalue weighted by molar-refractivity contribution is -0.293. The van der Waals surface area contributed by atoms with Crippen LogP contribution in [0.4, 0.5) is 0 Å². The zero-order valence-electron chi connectivity index (χ0n) is 33.0. The van der Waals surface area contributed by atoms with Crippen molar-refractivity contribution < 1.29 is 39.1 Å². The van der Waals surface area contributed by atoms with Gasteiger partial charge in [0.15, 0.2) is 0 Å². The number of ketones is 1. The molecule has 0 spiro atoms. The Morgan fingerprint density at radius 3 is 2.57 bits per heavy atom. The number of ether oxygens (including phenoxy) is 3. The predicted molar refractivity (Wildman–Crippen MR) is 205 cm³/mol. The first kappa shape index (κ1) is 42.1. The van der Waals surface area contributed by atoms with E-state index in [1.165, 1.54) is 0 Å². The second-order valence-corrected chi connectivity index (χ2v) is 17.9. The molecule has 10 N–H and O–H groups in total. The van der Waals surface area contributed by atoms with E-state index < -0.39 is 53.9 Å². The van der Waals surface area contributed by atoms with Crippen molar-refractivity contribution in [2.24, 2.45) is 52.9 Å². The van der Waals surface area contributed by atoms with Gasteiger partial charge in [0.25, 0.3) is 0 Å². The smallest absolute Gasteiger partial charge is 0.335 e. The number of aliphatic hydroxyl groups is 3. The van der Waals surface area contributed by atoms with Gasteiger partial charge in [-0.1, -0.05) is 25.8 Å². The summed E-state index contributed by atoms with van der Waals surface area (Å²) in [7, 11) is 0. The number of rotatable bonds is 13. The maximum absolute atomic E-state index is 14.1. The summed E-state index contributed by atoms with van der Waals surface area (Å²) >= 11 is 0. The van der Waals surface area contributed by atoms with E-state index in [9.17, 15) is 24.9 Å². The third-order valence-electron chi connectivity index (χ3n) is 14.2. The highest BCUT2D eigenvalue weighted by Gasteiger charge is 2.63. The number of esters is 1. The molecule has 14 unspecified atom stereocenters. The van der Waals surface area contributed by atoms with Crippen molar-refractivity contribution in [2.45, 2.75) is 159 Å². The Labute approximate surface area is 322 Å². The summed E-state index contributed by atoms with van der Waals surface area (Å²) in [6, 6.07) is 0. The number of hydrogen-bond donors (Lipinski definition) is 8. The van der Waals surface area contributed by atoms with Crippen LogP contribution in [-0.4, -0.2) is 114 Å². The van der Waals surface area contributed by atoms with E-state index in [2.05, 4.69) is 22.9 Å². The Bertz CT molecular complexity index is 1280. The normalized spacial score (nSPS) is 43.9. The van der Waals surface area contributed by atoms with Crippen molar-refractivity contribution in [3.05, 3.63) is 11.6 Å². The zero-order valence-corrected chi connectivity index (χ0v) is 33.0. The molecular formula is C41H71N5O8. The summed E-state index contributed by atoms with van der Waals surface area (Å²) in [5.74, 6) is -1.10. The number of piperidine rings is 2. The van der Waals surface area contributed by atoms with Gasteiger partial charge < -0.3 is 56.9 Å². The fraction of sp³-hybridized carbons (Fsp3) is 0.902. The number of Topliss-reactive ketones (excluding diaryl/α,β-unsaturated/α-hetero) is 1. The van der Waals surface area contributed by atoms with Gasteiger partial charge in [0.1, 0.15) is 17.5 Å². The molecule has 0 aromatic rings. The molecule has 54 heavy (non-hydrogen) atoms. The van der Waals surface area contributed by atoms with Crippen LogP contribution in [-0.2, 0) is 23.8 Å². The molecule has 6 rings (SSSR count). The first-order valence-corrected chi connectivity index (χ1v) is 21.3. The summed E-state index contributed by atoms with van der Waals surface area (Å²) in [6.07, 6.45) is 7.63. The van der Waals surface area contributed by atoms with Crippen molar-refractivity contribution in [2.75, 3.05) is 32.8 Å². The van der Waals surface area contributed by atoms with Gasteiger partial charge in [-0.3, -0.25) is 4.79 Å². The topological polar surface area (TPSA) is 211 Å². The molecular weight excluding hydrogens is 690 g/mol. The molecule has 4 saturated heterocycles. The van der Waals surface area contributed by atoms with Crippen molar-refractivity contribution in [3.8, 4) is 0 Å². The number of likely N-dealkylation sites (N-methyl/N-ethyl adjacent to an activating group) is 1. The molecule has 16 atom stereocenters. The van der Waals surface area contributed by atoms with Gasteiger partial charge in [0.2, 0.25) is 0 Å². The molecule has 0 bridgehead atoms. The number of carbonyl (C=O) groups is 2. The van der Waals surface area contributed by atoms with E-state index in [4.69, 9.17) is 25.7 Å². The number of fused-ring (bicyclic) bond motifs is 2. The second kappa shape index (κ2) is 18.8. The average Bonchev–Trinajstić information content (AvgIpc) is 3.15. The largest absolute Gasteiger partial charge is 0.456 e. The fourth-order valence-corrected chi connectivity index (χ4v) is 11.2. The first-order chi connectivity index (χ1) is 25.9. The Hall–Kier alpha value is -1.52. The molecule has 13 heteroatoms. The number of aliphatic hydroxyl groups excluding tert-OH is 3. The van der Waals surface area contributed by atoms with E-state index in [0.717, 1.165) is 77.3 Å². The summed E-state index contributed by atoms with van der Waals surface area (Å²) < 4.78 is 20.7. The predicted octanol–water partition coefficient (Wildman–Crippen LogP) is 1.85.